The van der Waals surface area contributed by atoms with E-state index in [-0.39, 0.29) is 30.8 Å². The normalized spacial score (nSPS) is 19.4. The van der Waals surface area contributed by atoms with E-state index >= 15 is 0 Å². The van der Waals surface area contributed by atoms with Crippen molar-refractivity contribution in [3.63, 3.8) is 0 Å². The lowest BCUT2D eigenvalue weighted by Crippen LogP contribution is -2.55. The van der Waals surface area contributed by atoms with E-state index in [4.69, 9.17) is 5.11 Å². The molecule has 0 aromatic carbocycles. The molecule has 0 atom stereocenters. The number of amides is 3. The van der Waals surface area contributed by atoms with Gasteiger partial charge >= 0.3 is 12.0 Å². The third-order valence-electron chi connectivity index (χ3n) is 3.81. The van der Waals surface area contributed by atoms with Gasteiger partial charge < -0.3 is 20.2 Å². The van der Waals surface area contributed by atoms with Crippen LogP contribution in [0.5, 0.6) is 0 Å². The lowest BCUT2D eigenvalue weighted by atomic mass is 9.97. The number of piperidine rings is 1. The molecular weight excluding hydrogens is 262 g/mol. The topological polar surface area (TPSA) is 90.0 Å². The Balaban J connectivity index is 1.63. The standard InChI is InChI=1S/C13H21N3O4/c17-11(15-4-2-1-3-5-15)7-14-13(20)16-8-10(9-16)6-12(18)19/h10H,1-9H2,(H,14,20)(H,18,19). The fraction of sp³-hybridized carbons (Fsp3) is 0.769. The van der Waals surface area contributed by atoms with Crippen LogP contribution in [0.4, 0.5) is 4.79 Å². The summed E-state index contributed by atoms with van der Waals surface area (Å²) in [6.07, 6.45) is 3.32. The van der Waals surface area contributed by atoms with Crippen LogP contribution in [0.15, 0.2) is 0 Å². The third kappa shape index (κ3) is 3.85. The highest BCUT2D eigenvalue weighted by molar-refractivity contribution is 5.84. The molecule has 7 heteroatoms. The van der Waals surface area contributed by atoms with Crippen LogP contribution >= 0.6 is 0 Å². The van der Waals surface area contributed by atoms with Crippen molar-refractivity contribution >= 4 is 17.9 Å². The number of nitrogens with zero attached hydrogens (tertiary/aromatic N) is 2. The molecule has 2 N–H and O–H groups in total. The molecule has 0 aliphatic carbocycles. The van der Waals surface area contributed by atoms with Crippen molar-refractivity contribution in [3.05, 3.63) is 0 Å². The number of rotatable bonds is 4. The second kappa shape index (κ2) is 6.58. The molecule has 112 valence electrons. The Morgan fingerprint density at radius 3 is 2.30 bits per heavy atom. The molecule has 0 bridgehead atoms. The summed E-state index contributed by atoms with van der Waals surface area (Å²) in [6, 6.07) is -0.281. The van der Waals surface area contributed by atoms with Gasteiger partial charge in [0.05, 0.1) is 13.0 Å². The SMILES string of the molecule is O=C(O)CC1CN(C(=O)NCC(=O)N2CCCCC2)C1. The van der Waals surface area contributed by atoms with Gasteiger partial charge in [-0.1, -0.05) is 0 Å². The van der Waals surface area contributed by atoms with Crippen molar-refractivity contribution in [1.29, 1.82) is 0 Å². The highest BCUT2D eigenvalue weighted by atomic mass is 16.4. The van der Waals surface area contributed by atoms with Gasteiger partial charge in [0.2, 0.25) is 5.91 Å². The minimum absolute atomic E-state index is 0.0267. The first kappa shape index (κ1) is 14.6. The average Bonchev–Trinajstić information content (AvgIpc) is 2.40. The molecule has 0 aromatic heterocycles. The van der Waals surface area contributed by atoms with E-state index in [1.54, 1.807) is 4.90 Å². The number of nitrogens with one attached hydrogen (secondary N) is 1. The van der Waals surface area contributed by atoms with Gasteiger partial charge in [0.1, 0.15) is 0 Å². The predicted octanol–water partition coefficient (Wildman–Crippen LogP) is 0.115. The Bertz CT molecular complexity index is 387. The van der Waals surface area contributed by atoms with Gasteiger partial charge in [0.25, 0.3) is 0 Å². The van der Waals surface area contributed by atoms with Gasteiger partial charge in [-0.15, -0.1) is 0 Å². The van der Waals surface area contributed by atoms with E-state index < -0.39 is 5.97 Å². The molecule has 0 radical (unpaired) electrons. The number of carboxylic acids is 1. The second-order valence-corrected chi connectivity index (χ2v) is 5.47. The summed E-state index contributed by atoms with van der Waals surface area (Å²) in [4.78, 5) is 37.4. The van der Waals surface area contributed by atoms with Gasteiger partial charge in [-0.05, 0) is 19.3 Å². The summed E-state index contributed by atoms with van der Waals surface area (Å²) in [7, 11) is 0. The van der Waals surface area contributed by atoms with Crippen LogP contribution in [0.25, 0.3) is 0 Å². The molecule has 2 fully saturated rings. The van der Waals surface area contributed by atoms with Crippen molar-refractivity contribution in [1.82, 2.24) is 15.1 Å². The van der Waals surface area contributed by atoms with Crippen LogP contribution in [-0.2, 0) is 9.59 Å². The van der Waals surface area contributed by atoms with Gasteiger partial charge in [0, 0.05) is 32.1 Å². The number of aliphatic carboxylic acids is 1. The molecule has 7 nitrogen and oxygen atoms in total. The average molecular weight is 283 g/mol. The summed E-state index contributed by atoms with van der Waals surface area (Å²) >= 11 is 0. The summed E-state index contributed by atoms with van der Waals surface area (Å²) in [6.45, 7) is 2.49. The van der Waals surface area contributed by atoms with Crippen LogP contribution in [0.1, 0.15) is 25.7 Å². The molecule has 2 heterocycles. The predicted molar refractivity (Wildman–Crippen MR) is 71.1 cm³/mol. The molecule has 0 unspecified atom stereocenters. The Hall–Kier alpha value is -1.79. The molecular formula is C13H21N3O4. The number of carboxylic acid groups (broad SMARTS) is 1. The minimum Gasteiger partial charge on any atom is -0.481 e. The Morgan fingerprint density at radius 1 is 1.05 bits per heavy atom. The molecule has 2 aliphatic heterocycles. The van der Waals surface area contributed by atoms with E-state index in [9.17, 15) is 14.4 Å². The lowest BCUT2D eigenvalue weighted by molar-refractivity contribution is -0.139. The maximum Gasteiger partial charge on any atom is 0.317 e. The minimum atomic E-state index is -0.838. The number of carbonyl (C=O) groups is 3. The van der Waals surface area contributed by atoms with Crippen molar-refractivity contribution in [2.45, 2.75) is 25.7 Å². The summed E-state index contributed by atoms with van der Waals surface area (Å²) < 4.78 is 0. The van der Waals surface area contributed by atoms with Crippen LogP contribution < -0.4 is 5.32 Å². The number of urea groups is 1. The van der Waals surface area contributed by atoms with Crippen LogP contribution in [-0.4, -0.2) is 65.5 Å². The highest BCUT2D eigenvalue weighted by Gasteiger charge is 2.32. The van der Waals surface area contributed by atoms with Gasteiger partial charge in [0.15, 0.2) is 0 Å². The van der Waals surface area contributed by atoms with Crippen molar-refractivity contribution in [2.24, 2.45) is 5.92 Å². The summed E-state index contributed by atoms with van der Waals surface area (Å²) in [5.74, 6) is -0.841. The zero-order valence-electron chi connectivity index (χ0n) is 11.5. The third-order valence-corrected chi connectivity index (χ3v) is 3.81. The van der Waals surface area contributed by atoms with E-state index in [0.717, 1.165) is 32.4 Å². The van der Waals surface area contributed by atoms with Crippen LogP contribution in [0.3, 0.4) is 0 Å². The largest absolute Gasteiger partial charge is 0.481 e. The smallest absolute Gasteiger partial charge is 0.317 e. The maximum absolute atomic E-state index is 11.9. The molecule has 3 amide bonds. The van der Waals surface area contributed by atoms with Crippen LogP contribution in [0.2, 0.25) is 0 Å². The number of likely N-dealkylation sites (tertiary alicyclic amines) is 2. The molecule has 2 saturated heterocycles. The fourth-order valence-corrected chi connectivity index (χ4v) is 2.63. The van der Waals surface area contributed by atoms with Crippen molar-refractivity contribution in [3.8, 4) is 0 Å². The molecule has 2 aliphatic rings. The Kier molecular flexibility index (Phi) is 4.81. The van der Waals surface area contributed by atoms with Crippen LogP contribution in [0, 0.1) is 5.92 Å². The number of carbonyl (C=O) groups excluding carboxylic acids is 2. The Labute approximate surface area is 117 Å². The first-order valence-electron chi connectivity index (χ1n) is 7.08. The molecule has 20 heavy (non-hydrogen) atoms. The van der Waals surface area contributed by atoms with Gasteiger partial charge in [-0.25, -0.2) is 4.79 Å². The van der Waals surface area contributed by atoms with Gasteiger partial charge in [-0.2, -0.15) is 0 Å². The fourth-order valence-electron chi connectivity index (χ4n) is 2.63. The van der Waals surface area contributed by atoms with E-state index in [0.29, 0.717) is 13.1 Å². The maximum atomic E-state index is 11.9. The molecule has 2 rings (SSSR count). The quantitative estimate of drug-likeness (QED) is 0.766. The van der Waals surface area contributed by atoms with Gasteiger partial charge in [-0.3, -0.25) is 9.59 Å². The highest BCUT2D eigenvalue weighted by Crippen LogP contribution is 2.18. The van der Waals surface area contributed by atoms with Crippen molar-refractivity contribution < 1.29 is 19.5 Å². The summed E-state index contributed by atoms with van der Waals surface area (Å²) in [5, 5.41) is 11.2. The molecule has 0 spiro atoms. The van der Waals surface area contributed by atoms with E-state index in [1.165, 1.54) is 4.90 Å². The molecule has 0 saturated carbocycles. The first-order valence-corrected chi connectivity index (χ1v) is 7.08. The zero-order chi connectivity index (χ0) is 14.5. The monoisotopic (exact) mass is 283 g/mol. The Morgan fingerprint density at radius 2 is 1.70 bits per heavy atom. The van der Waals surface area contributed by atoms with Crippen molar-refractivity contribution in [2.75, 3.05) is 32.7 Å². The lowest BCUT2D eigenvalue weighted by Gasteiger charge is -2.38. The first-order chi connectivity index (χ1) is 9.56. The van der Waals surface area contributed by atoms with E-state index in [1.807, 2.05) is 0 Å². The zero-order valence-corrected chi connectivity index (χ0v) is 11.5. The number of hydrogen-bond donors (Lipinski definition) is 2. The summed E-state index contributed by atoms with van der Waals surface area (Å²) in [5.41, 5.74) is 0. The van der Waals surface area contributed by atoms with E-state index in [2.05, 4.69) is 5.32 Å². The number of hydrogen-bond acceptors (Lipinski definition) is 3. The molecule has 0 aromatic rings. The second-order valence-electron chi connectivity index (χ2n) is 5.47.